The number of nitrogens with zero attached hydrogens (tertiary/aromatic N) is 5. The van der Waals surface area contributed by atoms with Crippen molar-refractivity contribution in [2.75, 3.05) is 50.7 Å². The van der Waals surface area contributed by atoms with E-state index in [1.807, 2.05) is 11.0 Å². The number of hydrogen-bond acceptors (Lipinski definition) is 7. The summed E-state index contributed by atoms with van der Waals surface area (Å²) >= 11 is 6.22. The van der Waals surface area contributed by atoms with Gasteiger partial charge in [-0.1, -0.05) is 44.4 Å². The molecular weight excluding hydrogens is 526 g/mol. The van der Waals surface area contributed by atoms with E-state index in [2.05, 4.69) is 63.4 Å². The smallest absolute Gasteiger partial charge is 0.230 e. The van der Waals surface area contributed by atoms with Crippen molar-refractivity contribution in [1.29, 1.82) is 0 Å². The van der Waals surface area contributed by atoms with Gasteiger partial charge in [-0.3, -0.25) is 19.9 Å². The third-order valence-electron chi connectivity index (χ3n) is 9.01. The summed E-state index contributed by atoms with van der Waals surface area (Å²) in [5, 5.41) is 8.54. The second-order valence-corrected chi connectivity index (χ2v) is 12.7. The van der Waals surface area contributed by atoms with Gasteiger partial charge in [0.1, 0.15) is 5.84 Å². The summed E-state index contributed by atoms with van der Waals surface area (Å²) in [6.07, 6.45) is 5.98. The number of benzene rings is 1. The Labute approximate surface area is 244 Å². The summed E-state index contributed by atoms with van der Waals surface area (Å²) < 4.78 is 0. The zero-order valence-electron chi connectivity index (χ0n) is 24.4. The van der Waals surface area contributed by atoms with Crippen LogP contribution in [0.3, 0.4) is 0 Å². The topological polar surface area (TPSA) is 83.5 Å². The number of nitrogens with one attached hydrogen (secondary N) is 2. The molecule has 3 heterocycles. The minimum Gasteiger partial charge on any atom is -0.369 e. The van der Waals surface area contributed by atoms with Crippen molar-refractivity contribution < 1.29 is 9.59 Å². The van der Waals surface area contributed by atoms with Gasteiger partial charge in [0.25, 0.3) is 0 Å². The van der Waals surface area contributed by atoms with Crippen molar-refractivity contribution in [2.24, 2.45) is 16.9 Å². The summed E-state index contributed by atoms with van der Waals surface area (Å²) in [5.74, 6) is 1.83. The van der Waals surface area contributed by atoms with Crippen molar-refractivity contribution in [3.63, 3.8) is 0 Å². The first-order valence-corrected chi connectivity index (χ1v) is 15.6. The molecule has 3 aliphatic heterocycles. The monoisotopic (exact) mass is 571 g/mol. The van der Waals surface area contributed by atoms with Crippen molar-refractivity contribution in [1.82, 2.24) is 25.4 Å². The highest BCUT2D eigenvalue weighted by atomic mass is 35.5. The molecule has 5 rings (SSSR count). The molecule has 1 aromatic rings. The van der Waals surface area contributed by atoms with Gasteiger partial charge in [0.15, 0.2) is 6.29 Å². The van der Waals surface area contributed by atoms with Crippen LogP contribution in [-0.2, 0) is 9.59 Å². The molecule has 1 aromatic carbocycles. The minimum atomic E-state index is -0.210. The van der Waals surface area contributed by atoms with Gasteiger partial charge in [-0.15, -0.1) is 0 Å². The highest BCUT2D eigenvalue weighted by molar-refractivity contribution is 6.30. The van der Waals surface area contributed by atoms with Gasteiger partial charge in [0, 0.05) is 75.4 Å². The van der Waals surface area contributed by atoms with Crippen LogP contribution in [0.15, 0.2) is 23.3 Å². The van der Waals surface area contributed by atoms with E-state index in [0.29, 0.717) is 25.3 Å². The highest BCUT2D eigenvalue weighted by Crippen LogP contribution is 2.38. The van der Waals surface area contributed by atoms with Gasteiger partial charge in [-0.2, -0.15) is 5.10 Å². The Morgan fingerprint density at radius 3 is 2.70 bits per heavy atom. The lowest BCUT2D eigenvalue weighted by Gasteiger charge is -2.50. The molecule has 9 nitrogen and oxygen atoms in total. The minimum absolute atomic E-state index is 0.0411. The molecule has 0 aromatic heterocycles. The fourth-order valence-corrected chi connectivity index (χ4v) is 6.84. The van der Waals surface area contributed by atoms with Gasteiger partial charge >= 0.3 is 0 Å². The van der Waals surface area contributed by atoms with Crippen LogP contribution in [0.2, 0.25) is 5.02 Å². The standard InChI is InChI=1S/C30H46ClN7O2/c1-21(2)12-14-37-29(40)24-6-4-5-7-25(24)38-27(33-34-30(37)38)10-11-28(39)32-13-15-35-16-18-36(19-17-35)26-20-23(31)9-8-22(26)3/h8-9,20-21,24-25,30,34H,4-7,10-19H2,1-3H3,(H,32,39). The number of fused-ring (bicyclic) bond motifs is 3. The molecule has 2 saturated heterocycles. The van der Waals surface area contributed by atoms with Crippen LogP contribution in [-0.4, -0.2) is 90.5 Å². The number of amides is 2. The van der Waals surface area contributed by atoms with Crippen LogP contribution in [0.4, 0.5) is 5.69 Å². The molecule has 4 aliphatic rings. The Morgan fingerprint density at radius 1 is 1.15 bits per heavy atom. The summed E-state index contributed by atoms with van der Waals surface area (Å²) in [6, 6.07) is 6.26. The highest BCUT2D eigenvalue weighted by Gasteiger charge is 2.50. The Bertz CT molecular complexity index is 1090. The number of hydrogen-bond donors (Lipinski definition) is 2. The Morgan fingerprint density at radius 2 is 1.93 bits per heavy atom. The van der Waals surface area contributed by atoms with Crippen molar-refractivity contribution in [2.45, 2.75) is 78.0 Å². The molecule has 1 saturated carbocycles. The third kappa shape index (κ3) is 6.51. The number of aryl methyl sites for hydroxylation is 1. The Hall–Kier alpha value is -2.52. The fourth-order valence-electron chi connectivity index (χ4n) is 6.67. The number of anilines is 1. The van der Waals surface area contributed by atoms with Gasteiger partial charge in [0.05, 0.1) is 5.92 Å². The summed E-state index contributed by atoms with van der Waals surface area (Å²) in [7, 11) is 0. The van der Waals surface area contributed by atoms with Gasteiger partial charge in [-0.05, 0) is 49.8 Å². The first kappa shape index (κ1) is 29.0. The van der Waals surface area contributed by atoms with E-state index < -0.39 is 0 Å². The number of piperazine rings is 1. The van der Waals surface area contributed by atoms with Crippen LogP contribution < -0.4 is 15.6 Å². The van der Waals surface area contributed by atoms with Gasteiger partial charge in [0.2, 0.25) is 11.8 Å². The normalized spacial score (nSPS) is 25.0. The maximum Gasteiger partial charge on any atom is 0.230 e. The molecule has 2 N–H and O–H groups in total. The molecule has 220 valence electrons. The maximum absolute atomic E-state index is 13.4. The van der Waals surface area contributed by atoms with E-state index in [-0.39, 0.29) is 30.1 Å². The van der Waals surface area contributed by atoms with Crippen LogP contribution in [0.5, 0.6) is 0 Å². The Balaban J connectivity index is 1.07. The van der Waals surface area contributed by atoms with E-state index in [0.717, 1.165) is 82.2 Å². The summed E-state index contributed by atoms with van der Waals surface area (Å²) in [5.41, 5.74) is 5.71. The maximum atomic E-state index is 13.4. The number of halogens is 1. The van der Waals surface area contributed by atoms with E-state index in [4.69, 9.17) is 11.6 Å². The molecule has 0 bridgehead atoms. The zero-order valence-corrected chi connectivity index (χ0v) is 25.1. The lowest BCUT2D eigenvalue weighted by molar-refractivity contribution is -0.155. The molecule has 3 fully saturated rings. The molecule has 0 spiro atoms. The van der Waals surface area contributed by atoms with Crippen molar-refractivity contribution in [3.8, 4) is 0 Å². The Kier molecular flexibility index (Phi) is 9.41. The predicted octanol–water partition coefficient (Wildman–Crippen LogP) is 3.62. The number of rotatable bonds is 10. The number of amidine groups is 1. The molecule has 3 atom stereocenters. The van der Waals surface area contributed by atoms with Crippen molar-refractivity contribution in [3.05, 3.63) is 28.8 Å². The van der Waals surface area contributed by atoms with Crippen LogP contribution >= 0.6 is 11.6 Å². The SMILES string of the molecule is Cc1ccc(Cl)cc1N1CCN(CCNC(=O)CCC2=NNC3N(CCC(C)C)C(=O)C4CCCCC4N23)CC1. The van der Waals surface area contributed by atoms with Crippen molar-refractivity contribution >= 4 is 34.9 Å². The average molecular weight is 572 g/mol. The first-order chi connectivity index (χ1) is 19.3. The molecular formula is C30H46ClN7O2. The number of hydrazone groups is 1. The van der Waals surface area contributed by atoms with Gasteiger partial charge in [-0.25, -0.2) is 0 Å². The van der Waals surface area contributed by atoms with Crippen LogP contribution in [0, 0.1) is 18.8 Å². The quantitative estimate of drug-likeness (QED) is 0.446. The van der Waals surface area contributed by atoms with Gasteiger partial charge < -0.3 is 20.0 Å². The van der Waals surface area contributed by atoms with E-state index in [9.17, 15) is 9.59 Å². The molecule has 40 heavy (non-hydrogen) atoms. The molecule has 2 amide bonds. The van der Waals surface area contributed by atoms with E-state index in [1.165, 1.54) is 11.3 Å². The third-order valence-corrected chi connectivity index (χ3v) is 9.25. The summed E-state index contributed by atoms with van der Waals surface area (Å²) in [6.45, 7) is 12.6. The fraction of sp³-hybridized carbons (Fsp3) is 0.700. The second-order valence-electron chi connectivity index (χ2n) is 12.2. The van der Waals surface area contributed by atoms with Crippen LogP contribution in [0.1, 0.15) is 64.4 Å². The lowest BCUT2D eigenvalue weighted by Crippen LogP contribution is -2.67. The number of carbonyl (C=O) groups excluding carboxylic acids is 2. The molecule has 3 unspecified atom stereocenters. The lowest BCUT2D eigenvalue weighted by atomic mass is 9.80. The first-order valence-electron chi connectivity index (χ1n) is 15.2. The predicted molar refractivity (Wildman–Crippen MR) is 160 cm³/mol. The second kappa shape index (κ2) is 13.0. The molecule has 1 aliphatic carbocycles. The largest absolute Gasteiger partial charge is 0.369 e. The number of carbonyl (C=O) groups is 2. The zero-order chi connectivity index (χ0) is 28.2. The van der Waals surface area contributed by atoms with E-state index >= 15 is 0 Å². The van der Waals surface area contributed by atoms with Crippen LogP contribution in [0.25, 0.3) is 0 Å². The summed E-state index contributed by atoms with van der Waals surface area (Å²) in [4.78, 5) is 35.3. The molecule has 0 radical (unpaired) electrons. The molecule has 10 heteroatoms. The van der Waals surface area contributed by atoms with E-state index in [1.54, 1.807) is 0 Å². The average Bonchev–Trinajstić information content (AvgIpc) is 3.37.